The van der Waals surface area contributed by atoms with Crippen molar-refractivity contribution in [2.24, 2.45) is 4.99 Å². The van der Waals surface area contributed by atoms with Gasteiger partial charge in [0, 0.05) is 5.02 Å². The summed E-state index contributed by atoms with van der Waals surface area (Å²) in [4.78, 5) is 29.2. The number of hydrogen-bond acceptors (Lipinski definition) is 5. The maximum Gasteiger partial charge on any atom is 0.326 e. The number of aryl methyl sites for hydroxylation is 2. The van der Waals surface area contributed by atoms with Crippen LogP contribution in [0.25, 0.3) is 10.2 Å². The van der Waals surface area contributed by atoms with Gasteiger partial charge in [-0.1, -0.05) is 40.6 Å². The second-order valence-corrected chi connectivity index (χ2v) is 8.43. The topological polar surface area (TPSA) is 69.9 Å². The number of hydrogen-bond donors (Lipinski definition) is 0. The third-order valence-corrected chi connectivity index (χ3v) is 5.73. The highest BCUT2D eigenvalue weighted by atomic mass is 35.5. The SMILES string of the molecule is CCOC(=O)Cn1c(=NC(=O)COc2ccc(Cl)cc2Cl)sc2cc(C)cc(C)c21. The molecule has 2 aromatic carbocycles. The third kappa shape index (κ3) is 5.22. The van der Waals surface area contributed by atoms with E-state index in [0.29, 0.717) is 20.6 Å². The van der Waals surface area contributed by atoms with Crippen LogP contribution in [0.2, 0.25) is 10.0 Å². The van der Waals surface area contributed by atoms with E-state index >= 15 is 0 Å². The van der Waals surface area contributed by atoms with Gasteiger partial charge in [-0.05, 0) is 56.2 Å². The Morgan fingerprint density at radius 1 is 1.17 bits per heavy atom. The average molecular weight is 467 g/mol. The molecule has 30 heavy (non-hydrogen) atoms. The predicted molar refractivity (Wildman–Crippen MR) is 118 cm³/mol. The molecule has 0 aliphatic carbocycles. The van der Waals surface area contributed by atoms with Gasteiger partial charge >= 0.3 is 5.97 Å². The summed E-state index contributed by atoms with van der Waals surface area (Å²) < 4.78 is 13.2. The van der Waals surface area contributed by atoms with Gasteiger partial charge in [0.2, 0.25) is 0 Å². The number of carbonyl (C=O) groups is 2. The van der Waals surface area contributed by atoms with Crippen molar-refractivity contribution in [2.75, 3.05) is 13.2 Å². The van der Waals surface area contributed by atoms with Crippen LogP contribution in [0.15, 0.2) is 35.3 Å². The fourth-order valence-electron chi connectivity index (χ4n) is 3.03. The number of benzene rings is 2. The number of esters is 1. The Hall–Kier alpha value is -2.35. The molecule has 1 aromatic heterocycles. The van der Waals surface area contributed by atoms with Crippen LogP contribution in [0, 0.1) is 13.8 Å². The molecule has 3 aromatic rings. The molecule has 0 spiro atoms. The van der Waals surface area contributed by atoms with E-state index in [1.54, 1.807) is 23.6 Å². The van der Waals surface area contributed by atoms with Gasteiger partial charge in [-0.15, -0.1) is 0 Å². The van der Waals surface area contributed by atoms with Crippen LogP contribution in [0.4, 0.5) is 0 Å². The van der Waals surface area contributed by atoms with Crippen molar-refractivity contribution in [3.8, 4) is 5.75 Å². The highest BCUT2D eigenvalue weighted by molar-refractivity contribution is 7.16. The number of fused-ring (bicyclic) bond motifs is 1. The lowest BCUT2D eigenvalue weighted by atomic mass is 10.1. The van der Waals surface area contributed by atoms with E-state index in [9.17, 15) is 9.59 Å². The summed E-state index contributed by atoms with van der Waals surface area (Å²) in [5.41, 5.74) is 2.93. The summed E-state index contributed by atoms with van der Waals surface area (Å²) in [6, 6.07) is 8.76. The average Bonchev–Trinajstić information content (AvgIpc) is 2.98. The second kappa shape index (κ2) is 9.64. The first-order valence-electron chi connectivity index (χ1n) is 9.20. The number of carbonyl (C=O) groups excluding carboxylic acids is 2. The van der Waals surface area contributed by atoms with Crippen LogP contribution in [0.3, 0.4) is 0 Å². The minimum Gasteiger partial charge on any atom is -0.482 e. The molecule has 158 valence electrons. The molecule has 6 nitrogen and oxygen atoms in total. The maximum absolute atomic E-state index is 12.5. The number of aromatic nitrogens is 1. The second-order valence-electron chi connectivity index (χ2n) is 6.57. The van der Waals surface area contributed by atoms with Gasteiger partial charge in [0.15, 0.2) is 11.4 Å². The number of halogens is 2. The smallest absolute Gasteiger partial charge is 0.326 e. The van der Waals surface area contributed by atoms with Crippen LogP contribution in [0.1, 0.15) is 18.1 Å². The van der Waals surface area contributed by atoms with Crippen molar-refractivity contribution in [2.45, 2.75) is 27.3 Å². The van der Waals surface area contributed by atoms with E-state index in [1.807, 2.05) is 26.0 Å². The van der Waals surface area contributed by atoms with Crippen LogP contribution in [-0.4, -0.2) is 29.7 Å². The molecule has 1 amide bonds. The van der Waals surface area contributed by atoms with E-state index in [4.69, 9.17) is 32.7 Å². The molecule has 0 radical (unpaired) electrons. The van der Waals surface area contributed by atoms with E-state index < -0.39 is 11.9 Å². The molecule has 0 saturated carbocycles. The van der Waals surface area contributed by atoms with Gasteiger partial charge in [0.05, 0.1) is 21.8 Å². The van der Waals surface area contributed by atoms with Crippen LogP contribution < -0.4 is 9.54 Å². The zero-order valence-corrected chi connectivity index (χ0v) is 19.0. The minimum atomic E-state index is -0.500. The molecule has 0 aliphatic heterocycles. The van der Waals surface area contributed by atoms with Crippen molar-refractivity contribution >= 4 is 56.6 Å². The fourth-order valence-corrected chi connectivity index (χ4v) is 4.72. The molecule has 0 saturated heterocycles. The van der Waals surface area contributed by atoms with E-state index in [0.717, 1.165) is 21.3 Å². The van der Waals surface area contributed by atoms with Crippen LogP contribution in [0.5, 0.6) is 5.75 Å². The van der Waals surface area contributed by atoms with Gasteiger partial charge in [-0.3, -0.25) is 9.59 Å². The lowest BCUT2D eigenvalue weighted by Crippen LogP contribution is -2.24. The molecule has 0 aliphatic rings. The first kappa shape index (κ1) is 22.3. The molecule has 0 fully saturated rings. The normalized spacial score (nSPS) is 11.7. The number of amides is 1. The summed E-state index contributed by atoms with van der Waals surface area (Å²) in [5, 5.41) is 0.778. The number of rotatable bonds is 6. The standard InChI is InChI=1S/C21H20Cl2N2O4S/c1-4-28-19(27)10-25-20-13(3)7-12(2)8-17(20)30-21(25)24-18(26)11-29-16-6-5-14(22)9-15(16)23/h5-9H,4,10-11H2,1-3H3. The van der Waals surface area contributed by atoms with Crippen molar-refractivity contribution in [1.82, 2.24) is 4.57 Å². The Morgan fingerprint density at radius 2 is 1.93 bits per heavy atom. The Kier molecular flexibility index (Phi) is 7.18. The summed E-state index contributed by atoms with van der Waals surface area (Å²) >= 11 is 13.3. The summed E-state index contributed by atoms with van der Waals surface area (Å²) in [5.74, 6) is -0.554. The number of thiazole rings is 1. The Labute approximate surface area is 187 Å². The lowest BCUT2D eigenvalue weighted by molar-refractivity contribution is -0.143. The van der Waals surface area contributed by atoms with Crippen molar-refractivity contribution in [1.29, 1.82) is 0 Å². The highest BCUT2D eigenvalue weighted by Crippen LogP contribution is 2.27. The van der Waals surface area contributed by atoms with Crippen molar-refractivity contribution in [3.63, 3.8) is 0 Å². The molecule has 0 unspecified atom stereocenters. The third-order valence-electron chi connectivity index (χ3n) is 4.17. The zero-order valence-electron chi connectivity index (χ0n) is 16.7. The molecule has 9 heteroatoms. The van der Waals surface area contributed by atoms with Crippen LogP contribution >= 0.6 is 34.5 Å². The van der Waals surface area contributed by atoms with Gasteiger partial charge in [-0.25, -0.2) is 0 Å². The molecule has 0 N–H and O–H groups in total. The van der Waals surface area contributed by atoms with Gasteiger partial charge in [0.25, 0.3) is 5.91 Å². The Bertz CT molecular complexity index is 1180. The summed E-state index contributed by atoms with van der Waals surface area (Å²) in [6.07, 6.45) is 0. The van der Waals surface area contributed by atoms with Gasteiger partial charge in [-0.2, -0.15) is 4.99 Å². The molecule has 0 bridgehead atoms. The molecule has 1 heterocycles. The molecular weight excluding hydrogens is 447 g/mol. The molecule has 3 rings (SSSR count). The van der Waals surface area contributed by atoms with Crippen molar-refractivity contribution < 1.29 is 19.1 Å². The Morgan fingerprint density at radius 3 is 2.63 bits per heavy atom. The highest BCUT2D eigenvalue weighted by Gasteiger charge is 2.15. The van der Waals surface area contributed by atoms with Crippen molar-refractivity contribution in [3.05, 3.63) is 56.3 Å². The Balaban J connectivity index is 1.94. The zero-order chi connectivity index (χ0) is 21.8. The van der Waals surface area contributed by atoms with E-state index in [1.165, 1.54) is 17.4 Å². The lowest BCUT2D eigenvalue weighted by Gasteiger charge is -2.08. The predicted octanol–water partition coefficient (Wildman–Crippen LogP) is 4.70. The maximum atomic E-state index is 12.5. The van der Waals surface area contributed by atoms with Gasteiger partial charge < -0.3 is 14.0 Å². The molecule has 0 atom stereocenters. The first-order chi connectivity index (χ1) is 14.3. The first-order valence-corrected chi connectivity index (χ1v) is 10.8. The van der Waals surface area contributed by atoms with E-state index in [-0.39, 0.29) is 19.8 Å². The largest absolute Gasteiger partial charge is 0.482 e. The van der Waals surface area contributed by atoms with Gasteiger partial charge in [0.1, 0.15) is 12.3 Å². The summed E-state index contributed by atoms with van der Waals surface area (Å²) in [7, 11) is 0. The number of nitrogens with zero attached hydrogens (tertiary/aromatic N) is 2. The summed E-state index contributed by atoms with van der Waals surface area (Å²) in [6.45, 7) is 5.65. The number of ether oxygens (including phenoxy) is 2. The monoisotopic (exact) mass is 466 g/mol. The minimum absolute atomic E-state index is 0.0340. The fraction of sp³-hybridized carbons (Fsp3) is 0.286. The molecular formula is C21H20Cl2N2O4S. The quantitative estimate of drug-likeness (QED) is 0.493. The van der Waals surface area contributed by atoms with Crippen LogP contribution in [-0.2, 0) is 20.9 Å². The van der Waals surface area contributed by atoms with E-state index in [2.05, 4.69) is 4.99 Å².